The number of rotatable bonds is 6. The van der Waals surface area contributed by atoms with Crippen molar-refractivity contribution in [2.75, 3.05) is 32.9 Å². The molecular formula is C13H20N2O6S. The van der Waals surface area contributed by atoms with E-state index in [1.54, 1.807) is 0 Å². The van der Waals surface area contributed by atoms with Gasteiger partial charge >= 0.3 is 0 Å². The molecule has 2 rings (SSSR count). The summed E-state index contributed by atoms with van der Waals surface area (Å²) in [6.07, 6.45) is 0.557. The molecule has 1 aliphatic heterocycles. The monoisotopic (exact) mass is 332 g/mol. The van der Waals surface area contributed by atoms with Crippen LogP contribution in [0.25, 0.3) is 0 Å². The van der Waals surface area contributed by atoms with Crippen molar-refractivity contribution in [2.45, 2.75) is 24.5 Å². The first kappa shape index (κ1) is 16.9. The summed E-state index contributed by atoms with van der Waals surface area (Å²) >= 11 is 0. The highest BCUT2D eigenvalue weighted by Gasteiger charge is 2.30. The molecule has 8 nitrogen and oxygen atoms in total. The zero-order valence-corrected chi connectivity index (χ0v) is 13.1. The molecule has 1 aliphatic rings. The van der Waals surface area contributed by atoms with Crippen LogP contribution < -0.4 is 5.32 Å². The average Bonchev–Trinajstić information content (AvgIpc) is 3.04. The highest BCUT2D eigenvalue weighted by Crippen LogP contribution is 2.20. The van der Waals surface area contributed by atoms with Crippen molar-refractivity contribution in [2.24, 2.45) is 0 Å². The summed E-state index contributed by atoms with van der Waals surface area (Å²) in [4.78, 5) is 11.9. The van der Waals surface area contributed by atoms with E-state index in [9.17, 15) is 13.2 Å². The zero-order chi connectivity index (χ0) is 16.2. The normalized spacial score (nSPS) is 18.1. The molecule has 1 atom stereocenters. The first-order chi connectivity index (χ1) is 10.5. The molecule has 0 bridgehead atoms. The van der Waals surface area contributed by atoms with Gasteiger partial charge in [-0.05, 0) is 18.6 Å². The summed E-state index contributed by atoms with van der Waals surface area (Å²) in [7, 11) is -3.76. The summed E-state index contributed by atoms with van der Waals surface area (Å²) in [6.45, 7) is 2.81. The van der Waals surface area contributed by atoms with Gasteiger partial charge in [0.15, 0.2) is 5.76 Å². The summed E-state index contributed by atoms with van der Waals surface area (Å²) in [5.74, 6) is -0.650. The number of carbonyl (C=O) groups is 1. The van der Waals surface area contributed by atoms with Crippen LogP contribution in [0, 0.1) is 0 Å². The van der Waals surface area contributed by atoms with Crippen LogP contribution in [0.5, 0.6) is 0 Å². The minimum Gasteiger partial charge on any atom is -0.438 e. The molecule has 1 saturated heterocycles. The molecule has 0 radical (unpaired) electrons. The van der Waals surface area contributed by atoms with Gasteiger partial charge in [-0.3, -0.25) is 4.79 Å². The smallest absolute Gasteiger partial charge is 0.287 e. The first-order valence-corrected chi connectivity index (χ1v) is 8.52. The molecular weight excluding hydrogens is 312 g/mol. The molecule has 2 N–H and O–H groups in total. The van der Waals surface area contributed by atoms with E-state index in [-0.39, 0.29) is 30.5 Å². The lowest BCUT2D eigenvalue weighted by atomic mass is 10.2. The molecule has 1 unspecified atom stereocenters. The van der Waals surface area contributed by atoms with Crippen molar-refractivity contribution in [3.8, 4) is 0 Å². The van der Waals surface area contributed by atoms with E-state index in [2.05, 4.69) is 5.32 Å². The van der Waals surface area contributed by atoms with Crippen molar-refractivity contribution in [3.05, 3.63) is 17.9 Å². The number of nitrogens with zero attached hydrogens (tertiary/aromatic N) is 1. The Morgan fingerprint density at radius 3 is 2.68 bits per heavy atom. The molecule has 22 heavy (non-hydrogen) atoms. The SMILES string of the molecule is CCC(CO)NC(=O)c1ccc(S(=O)(=O)N2CCOCC2)o1. The Labute approximate surface area is 129 Å². The van der Waals surface area contributed by atoms with Gasteiger partial charge in [0.2, 0.25) is 5.09 Å². The second-order valence-corrected chi connectivity index (χ2v) is 6.77. The Kier molecular flexibility index (Phi) is 5.57. The fourth-order valence-corrected chi connectivity index (χ4v) is 3.35. The topological polar surface area (TPSA) is 109 Å². The average molecular weight is 332 g/mol. The van der Waals surface area contributed by atoms with Gasteiger partial charge in [-0.15, -0.1) is 0 Å². The molecule has 2 heterocycles. The number of furan rings is 1. The Bertz CT molecular complexity index is 602. The lowest BCUT2D eigenvalue weighted by Gasteiger charge is -2.24. The van der Waals surface area contributed by atoms with Crippen molar-refractivity contribution in [3.63, 3.8) is 0 Å². The Balaban J connectivity index is 2.11. The minimum absolute atomic E-state index is 0.0984. The largest absolute Gasteiger partial charge is 0.438 e. The molecule has 0 aromatic carbocycles. The van der Waals surface area contributed by atoms with Gasteiger partial charge in [0.05, 0.1) is 25.9 Å². The molecule has 0 spiro atoms. The molecule has 1 aromatic rings. The molecule has 0 saturated carbocycles. The second-order valence-electron chi connectivity index (χ2n) is 4.90. The third-order valence-corrected chi connectivity index (χ3v) is 5.19. The van der Waals surface area contributed by atoms with Crippen molar-refractivity contribution in [1.29, 1.82) is 0 Å². The van der Waals surface area contributed by atoms with Gasteiger partial charge < -0.3 is 19.6 Å². The van der Waals surface area contributed by atoms with Crippen molar-refractivity contribution < 1.29 is 27.5 Å². The van der Waals surface area contributed by atoms with Crippen LogP contribution in [0.3, 0.4) is 0 Å². The van der Waals surface area contributed by atoms with Crippen LogP contribution >= 0.6 is 0 Å². The van der Waals surface area contributed by atoms with Gasteiger partial charge in [0.25, 0.3) is 15.9 Å². The number of amides is 1. The zero-order valence-electron chi connectivity index (χ0n) is 12.3. The molecule has 124 valence electrons. The van der Waals surface area contributed by atoms with Gasteiger partial charge in [0.1, 0.15) is 0 Å². The van der Waals surface area contributed by atoms with E-state index in [4.69, 9.17) is 14.3 Å². The van der Waals surface area contributed by atoms with Gasteiger partial charge in [0, 0.05) is 13.1 Å². The fourth-order valence-electron chi connectivity index (χ4n) is 2.03. The minimum atomic E-state index is -3.76. The standard InChI is InChI=1S/C13H20N2O6S/c1-2-10(9-16)14-13(17)11-3-4-12(21-11)22(18,19)15-5-7-20-8-6-15/h3-4,10,16H,2,5-9H2,1H3,(H,14,17). The summed E-state index contributed by atoms with van der Waals surface area (Å²) < 4.78 is 36.3. The highest BCUT2D eigenvalue weighted by molar-refractivity contribution is 7.89. The van der Waals surface area contributed by atoms with Crippen LogP contribution in [0.1, 0.15) is 23.9 Å². The molecule has 1 amide bonds. The summed E-state index contributed by atoms with van der Waals surface area (Å²) in [5, 5.41) is 11.4. The Morgan fingerprint density at radius 1 is 1.41 bits per heavy atom. The number of nitrogens with one attached hydrogen (secondary N) is 1. The number of carbonyl (C=O) groups excluding carboxylic acids is 1. The Morgan fingerprint density at radius 2 is 2.09 bits per heavy atom. The maximum absolute atomic E-state index is 12.4. The van der Waals surface area contributed by atoms with E-state index in [1.807, 2.05) is 6.92 Å². The number of hydrogen-bond acceptors (Lipinski definition) is 6. The van der Waals surface area contributed by atoms with Crippen LogP contribution in [0.15, 0.2) is 21.6 Å². The van der Waals surface area contributed by atoms with Crippen LogP contribution in [-0.2, 0) is 14.8 Å². The number of morpholine rings is 1. The van der Waals surface area contributed by atoms with E-state index >= 15 is 0 Å². The Hall–Kier alpha value is -1.42. The number of hydrogen-bond donors (Lipinski definition) is 2. The quantitative estimate of drug-likeness (QED) is 0.747. The van der Waals surface area contributed by atoms with E-state index in [0.717, 1.165) is 0 Å². The van der Waals surface area contributed by atoms with Gasteiger partial charge in [-0.2, -0.15) is 4.31 Å². The second kappa shape index (κ2) is 7.23. The third-order valence-electron chi connectivity index (χ3n) is 3.42. The van der Waals surface area contributed by atoms with E-state index in [0.29, 0.717) is 19.6 Å². The van der Waals surface area contributed by atoms with Crippen molar-refractivity contribution >= 4 is 15.9 Å². The lowest BCUT2D eigenvalue weighted by Crippen LogP contribution is -2.40. The molecule has 1 aromatic heterocycles. The summed E-state index contributed by atoms with van der Waals surface area (Å²) in [6, 6.07) is 2.18. The van der Waals surface area contributed by atoms with Crippen LogP contribution in [0.2, 0.25) is 0 Å². The first-order valence-electron chi connectivity index (χ1n) is 7.08. The fraction of sp³-hybridized carbons (Fsp3) is 0.615. The van der Waals surface area contributed by atoms with Crippen LogP contribution in [0.4, 0.5) is 0 Å². The van der Waals surface area contributed by atoms with Gasteiger partial charge in [-0.1, -0.05) is 6.92 Å². The third kappa shape index (κ3) is 3.67. The van der Waals surface area contributed by atoms with Gasteiger partial charge in [-0.25, -0.2) is 8.42 Å². The van der Waals surface area contributed by atoms with E-state index < -0.39 is 22.0 Å². The summed E-state index contributed by atoms with van der Waals surface area (Å²) in [5.41, 5.74) is 0. The van der Waals surface area contributed by atoms with E-state index in [1.165, 1.54) is 16.4 Å². The lowest BCUT2D eigenvalue weighted by molar-refractivity contribution is 0.0722. The predicted molar refractivity (Wildman–Crippen MR) is 76.9 cm³/mol. The number of sulfonamides is 1. The molecule has 0 aliphatic carbocycles. The molecule has 9 heteroatoms. The number of aliphatic hydroxyl groups is 1. The maximum Gasteiger partial charge on any atom is 0.287 e. The van der Waals surface area contributed by atoms with Crippen LogP contribution in [-0.4, -0.2) is 62.7 Å². The van der Waals surface area contributed by atoms with Crippen molar-refractivity contribution in [1.82, 2.24) is 9.62 Å². The number of aliphatic hydroxyl groups excluding tert-OH is 1. The maximum atomic E-state index is 12.4. The predicted octanol–water partition coefficient (Wildman–Crippen LogP) is -0.199. The highest BCUT2D eigenvalue weighted by atomic mass is 32.2. The molecule has 1 fully saturated rings. The number of ether oxygens (including phenoxy) is 1.